The molecule has 182 valence electrons. The molecule has 0 radical (unpaired) electrons. The monoisotopic (exact) mass is 460 g/mol. The lowest BCUT2D eigenvalue weighted by atomic mass is 10.2. The van der Waals surface area contributed by atoms with Crippen molar-refractivity contribution in [1.82, 2.24) is 9.88 Å². The van der Waals surface area contributed by atoms with Crippen molar-refractivity contribution in [3.05, 3.63) is 41.5 Å². The van der Waals surface area contributed by atoms with Crippen LogP contribution in [-0.2, 0) is 20.8 Å². The second kappa shape index (κ2) is 11.1. The Bertz CT molecular complexity index is 920. The molecule has 1 aliphatic rings. The number of carbonyl (C=O) groups excluding carboxylic acids is 2. The van der Waals surface area contributed by atoms with Crippen LogP contribution in [0.1, 0.15) is 46.2 Å². The number of ether oxygens (including phenoxy) is 3. The third-order valence-electron chi connectivity index (χ3n) is 4.98. The predicted octanol–water partition coefficient (Wildman–Crippen LogP) is 4.69. The van der Waals surface area contributed by atoms with Crippen LogP contribution in [-0.4, -0.2) is 62.5 Å². The molecule has 3 amide bonds. The summed E-state index contributed by atoms with van der Waals surface area (Å²) in [6, 6.07) is 3.43. The fourth-order valence-corrected chi connectivity index (χ4v) is 3.34. The summed E-state index contributed by atoms with van der Waals surface area (Å²) in [5.74, 6) is 1.81. The first-order chi connectivity index (χ1) is 15.5. The molecule has 0 bridgehead atoms. The lowest BCUT2D eigenvalue weighted by Gasteiger charge is -2.33. The minimum absolute atomic E-state index is 0.106. The molecular formula is C24H36N4O5. The summed E-state index contributed by atoms with van der Waals surface area (Å²) in [5, 5.41) is 0. The summed E-state index contributed by atoms with van der Waals surface area (Å²) in [4.78, 5) is 34.6. The van der Waals surface area contributed by atoms with Gasteiger partial charge in [0, 0.05) is 33.1 Å². The molecule has 0 saturated heterocycles. The van der Waals surface area contributed by atoms with Gasteiger partial charge in [-0.15, -0.1) is 0 Å². The van der Waals surface area contributed by atoms with E-state index in [1.54, 1.807) is 50.2 Å². The first-order valence-electron chi connectivity index (χ1n) is 11.0. The molecule has 0 N–H and O–H groups in total. The van der Waals surface area contributed by atoms with Crippen molar-refractivity contribution in [2.24, 2.45) is 0 Å². The van der Waals surface area contributed by atoms with Crippen molar-refractivity contribution in [3.8, 4) is 0 Å². The van der Waals surface area contributed by atoms with E-state index in [0.717, 1.165) is 12.1 Å². The van der Waals surface area contributed by atoms with E-state index in [0.29, 0.717) is 36.0 Å². The minimum atomic E-state index is -0.663. The molecule has 1 aliphatic heterocycles. The summed E-state index contributed by atoms with van der Waals surface area (Å²) >= 11 is 0. The SMILES string of the molecule is CCC=C(C=C(CCN(C(=O)OC(C)(C)C)c1ccc2c(n1)CN(C)C(=O)N2C)OC)OC. The first kappa shape index (κ1) is 26.0. The molecule has 0 atom stereocenters. The fraction of sp³-hybridized carbons (Fsp3) is 0.542. The maximum absolute atomic E-state index is 13.1. The number of pyridine rings is 1. The van der Waals surface area contributed by atoms with E-state index in [2.05, 4.69) is 0 Å². The highest BCUT2D eigenvalue weighted by molar-refractivity contribution is 5.94. The average Bonchev–Trinajstić information content (AvgIpc) is 2.74. The number of allylic oxidation sites excluding steroid dienone is 2. The molecular weight excluding hydrogens is 424 g/mol. The van der Waals surface area contributed by atoms with E-state index in [9.17, 15) is 9.59 Å². The van der Waals surface area contributed by atoms with E-state index in [1.807, 2.05) is 39.8 Å². The summed E-state index contributed by atoms with van der Waals surface area (Å²) in [6.45, 7) is 8.12. The number of hydrogen-bond acceptors (Lipinski definition) is 6. The van der Waals surface area contributed by atoms with Gasteiger partial charge in [-0.25, -0.2) is 14.6 Å². The van der Waals surface area contributed by atoms with E-state index in [4.69, 9.17) is 19.2 Å². The normalized spacial score (nSPS) is 14.7. The van der Waals surface area contributed by atoms with Crippen molar-refractivity contribution in [1.29, 1.82) is 0 Å². The Kier molecular flexibility index (Phi) is 8.73. The maximum Gasteiger partial charge on any atom is 0.416 e. The van der Waals surface area contributed by atoms with Gasteiger partial charge in [-0.3, -0.25) is 9.80 Å². The molecule has 0 saturated carbocycles. The van der Waals surface area contributed by atoms with Gasteiger partial charge in [-0.1, -0.05) is 6.92 Å². The first-order valence-corrected chi connectivity index (χ1v) is 11.0. The van der Waals surface area contributed by atoms with Crippen LogP contribution in [0, 0.1) is 0 Å². The van der Waals surface area contributed by atoms with Crippen molar-refractivity contribution in [2.75, 3.05) is 44.7 Å². The Hall–Kier alpha value is -3.23. The zero-order valence-corrected chi connectivity index (χ0v) is 21.0. The standard InChI is InChI=1S/C24H36N4O5/c1-9-10-17(31-7)15-18(32-8)13-14-28(23(30)33-24(2,3)4)21-12-11-20-19(25-21)16-26(5)22(29)27(20)6/h10-12,15H,9,13-14,16H2,1-8H3. The lowest BCUT2D eigenvalue weighted by Crippen LogP contribution is -2.43. The topological polar surface area (TPSA) is 84.4 Å². The molecule has 0 aliphatic carbocycles. The maximum atomic E-state index is 13.1. The number of nitrogens with zero attached hydrogens (tertiary/aromatic N) is 4. The van der Waals surface area contributed by atoms with Crippen LogP contribution in [0.25, 0.3) is 0 Å². The van der Waals surface area contributed by atoms with Crippen molar-refractivity contribution in [3.63, 3.8) is 0 Å². The van der Waals surface area contributed by atoms with E-state index in [-0.39, 0.29) is 12.6 Å². The Morgan fingerprint density at radius 3 is 2.48 bits per heavy atom. The van der Waals surface area contributed by atoms with Gasteiger partial charge in [-0.2, -0.15) is 0 Å². The minimum Gasteiger partial charge on any atom is -0.501 e. The van der Waals surface area contributed by atoms with Gasteiger partial charge in [-0.05, 0) is 45.4 Å². The van der Waals surface area contributed by atoms with E-state index in [1.165, 1.54) is 4.90 Å². The van der Waals surface area contributed by atoms with Crippen molar-refractivity contribution < 1.29 is 23.8 Å². The molecule has 9 nitrogen and oxygen atoms in total. The summed E-state index contributed by atoms with van der Waals surface area (Å²) in [7, 11) is 6.61. The Morgan fingerprint density at radius 2 is 1.91 bits per heavy atom. The second-order valence-electron chi connectivity index (χ2n) is 8.75. The number of fused-ring (bicyclic) bond motifs is 1. The molecule has 0 fully saturated rings. The second-order valence-corrected chi connectivity index (χ2v) is 8.75. The Balaban J connectivity index is 2.36. The molecule has 2 rings (SSSR count). The van der Waals surface area contributed by atoms with Gasteiger partial charge in [0.2, 0.25) is 0 Å². The van der Waals surface area contributed by atoms with Crippen LogP contribution in [0.2, 0.25) is 0 Å². The van der Waals surface area contributed by atoms with Gasteiger partial charge in [0.15, 0.2) is 0 Å². The molecule has 33 heavy (non-hydrogen) atoms. The highest BCUT2D eigenvalue weighted by atomic mass is 16.6. The van der Waals surface area contributed by atoms with Crippen LogP contribution in [0.15, 0.2) is 35.8 Å². The zero-order chi connectivity index (χ0) is 24.8. The largest absolute Gasteiger partial charge is 0.501 e. The van der Waals surface area contributed by atoms with E-state index >= 15 is 0 Å². The average molecular weight is 461 g/mol. The third kappa shape index (κ3) is 6.87. The summed E-state index contributed by atoms with van der Waals surface area (Å²) in [5.41, 5.74) is 0.766. The fourth-order valence-electron chi connectivity index (χ4n) is 3.34. The van der Waals surface area contributed by atoms with Gasteiger partial charge in [0.1, 0.15) is 22.9 Å². The van der Waals surface area contributed by atoms with Gasteiger partial charge < -0.3 is 19.1 Å². The molecule has 1 aromatic rings. The number of amides is 3. The summed E-state index contributed by atoms with van der Waals surface area (Å²) in [6.07, 6.45) is 4.51. The number of hydrogen-bond donors (Lipinski definition) is 0. The number of methoxy groups -OCH3 is 2. The highest BCUT2D eigenvalue weighted by Gasteiger charge is 2.29. The number of rotatable bonds is 8. The Labute approximate surface area is 196 Å². The summed E-state index contributed by atoms with van der Waals surface area (Å²) < 4.78 is 16.5. The van der Waals surface area contributed by atoms with Gasteiger partial charge in [0.25, 0.3) is 0 Å². The van der Waals surface area contributed by atoms with Gasteiger partial charge >= 0.3 is 12.1 Å². The van der Waals surface area contributed by atoms with Crippen molar-refractivity contribution >= 4 is 23.6 Å². The van der Waals surface area contributed by atoms with Crippen LogP contribution in [0.3, 0.4) is 0 Å². The number of carbonyl (C=O) groups is 2. The number of urea groups is 1. The van der Waals surface area contributed by atoms with Crippen LogP contribution in [0.4, 0.5) is 21.1 Å². The predicted molar refractivity (Wildman–Crippen MR) is 128 cm³/mol. The molecule has 0 spiro atoms. The molecule has 1 aromatic heterocycles. The van der Waals surface area contributed by atoms with Crippen LogP contribution in [0.5, 0.6) is 0 Å². The van der Waals surface area contributed by atoms with E-state index < -0.39 is 11.7 Å². The highest BCUT2D eigenvalue weighted by Crippen LogP contribution is 2.29. The zero-order valence-electron chi connectivity index (χ0n) is 21.0. The lowest BCUT2D eigenvalue weighted by molar-refractivity contribution is 0.0578. The number of anilines is 2. The number of aromatic nitrogens is 1. The van der Waals surface area contributed by atoms with Gasteiger partial charge in [0.05, 0.1) is 32.1 Å². The molecule has 0 aromatic carbocycles. The third-order valence-corrected chi connectivity index (χ3v) is 4.98. The van der Waals surface area contributed by atoms with Crippen molar-refractivity contribution in [2.45, 2.75) is 52.7 Å². The molecule has 2 heterocycles. The quantitative estimate of drug-likeness (QED) is 0.413. The smallest absolute Gasteiger partial charge is 0.416 e. The molecule has 9 heteroatoms. The van der Waals surface area contributed by atoms with Crippen LogP contribution >= 0.6 is 0 Å². The van der Waals surface area contributed by atoms with Crippen LogP contribution < -0.4 is 9.80 Å². The Morgan fingerprint density at radius 1 is 1.21 bits per heavy atom. The molecule has 0 unspecified atom stereocenters.